The molecule has 0 aliphatic carbocycles. The van der Waals surface area contributed by atoms with Crippen molar-refractivity contribution >= 4 is 11.9 Å². The second-order valence-electron chi connectivity index (χ2n) is 6.33. The number of likely N-dealkylation sites (tertiary alicyclic amines) is 1. The van der Waals surface area contributed by atoms with Crippen molar-refractivity contribution in [3.8, 4) is 0 Å². The van der Waals surface area contributed by atoms with Gasteiger partial charge in [-0.05, 0) is 18.9 Å². The molecule has 118 valence electrons. The highest BCUT2D eigenvalue weighted by molar-refractivity contribution is 5.85. The van der Waals surface area contributed by atoms with Crippen molar-refractivity contribution < 1.29 is 19.4 Å². The summed E-state index contributed by atoms with van der Waals surface area (Å²) in [6, 6.07) is 9.61. The van der Waals surface area contributed by atoms with Crippen molar-refractivity contribution in [2.45, 2.75) is 19.3 Å². The lowest BCUT2D eigenvalue weighted by atomic mass is 9.74. The molecule has 2 aliphatic rings. The maximum atomic E-state index is 12.7. The number of ether oxygens (including phenoxy) is 1. The van der Waals surface area contributed by atoms with E-state index in [1.807, 2.05) is 37.3 Å². The summed E-state index contributed by atoms with van der Waals surface area (Å²) >= 11 is 0. The summed E-state index contributed by atoms with van der Waals surface area (Å²) in [5.74, 6) is -1.16. The molecule has 5 nitrogen and oxygen atoms in total. The molecule has 22 heavy (non-hydrogen) atoms. The number of nitrogens with zero attached hydrogens (tertiary/aromatic N) is 1. The monoisotopic (exact) mass is 303 g/mol. The minimum absolute atomic E-state index is 0.00113. The summed E-state index contributed by atoms with van der Waals surface area (Å²) in [5, 5.41) is 9.66. The fourth-order valence-electron chi connectivity index (χ4n) is 3.63. The van der Waals surface area contributed by atoms with Crippen LogP contribution in [0.3, 0.4) is 0 Å². The van der Waals surface area contributed by atoms with Crippen LogP contribution in [-0.2, 0) is 14.3 Å². The van der Waals surface area contributed by atoms with Gasteiger partial charge in [0.05, 0.1) is 17.9 Å². The third-order valence-corrected chi connectivity index (χ3v) is 5.11. The predicted octanol–water partition coefficient (Wildman–Crippen LogP) is 1.74. The van der Waals surface area contributed by atoms with Gasteiger partial charge in [-0.15, -0.1) is 0 Å². The topological polar surface area (TPSA) is 66.8 Å². The Kier molecular flexibility index (Phi) is 3.91. The van der Waals surface area contributed by atoms with E-state index in [4.69, 9.17) is 4.74 Å². The van der Waals surface area contributed by atoms with Gasteiger partial charge in [0.1, 0.15) is 0 Å². The number of amides is 1. The van der Waals surface area contributed by atoms with E-state index in [0.29, 0.717) is 32.7 Å². The number of benzene rings is 1. The van der Waals surface area contributed by atoms with Crippen LogP contribution in [-0.4, -0.2) is 48.2 Å². The molecular formula is C17H21NO4. The molecule has 0 spiro atoms. The molecular weight excluding hydrogens is 282 g/mol. The van der Waals surface area contributed by atoms with Crippen LogP contribution in [0.2, 0.25) is 0 Å². The zero-order valence-corrected chi connectivity index (χ0v) is 12.7. The molecule has 3 atom stereocenters. The van der Waals surface area contributed by atoms with Gasteiger partial charge in [-0.2, -0.15) is 0 Å². The zero-order valence-electron chi connectivity index (χ0n) is 12.7. The number of carbonyl (C=O) groups excluding carboxylic acids is 1. The van der Waals surface area contributed by atoms with Crippen LogP contribution in [0.15, 0.2) is 30.3 Å². The number of hydrogen-bond acceptors (Lipinski definition) is 3. The molecule has 1 aromatic rings. The van der Waals surface area contributed by atoms with Crippen molar-refractivity contribution in [1.82, 2.24) is 4.90 Å². The van der Waals surface area contributed by atoms with Crippen molar-refractivity contribution in [3.63, 3.8) is 0 Å². The molecule has 1 N–H and O–H groups in total. The highest BCUT2D eigenvalue weighted by Crippen LogP contribution is 2.43. The maximum Gasteiger partial charge on any atom is 0.311 e. The van der Waals surface area contributed by atoms with E-state index in [-0.39, 0.29) is 17.7 Å². The number of hydrogen-bond donors (Lipinski definition) is 1. The first kappa shape index (κ1) is 15.0. The Hall–Kier alpha value is -1.88. The van der Waals surface area contributed by atoms with Gasteiger partial charge in [0.2, 0.25) is 5.91 Å². The normalized spacial score (nSPS) is 29.0. The van der Waals surface area contributed by atoms with E-state index in [2.05, 4.69) is 0 Å². The summed E-state index contributed by atoms with van der Waals surface area (Å²) in [6.07, 6.45) is 0.483. The summed E-state index contributed by atoms with van der Waals surface area (Å²) in [5.41, 5.74) is 0.132. The Balaban J connectivity index is 1.79. The number of fused-ring (bicyclic) bond motifs is 1. The molecule has 1 aromatic carbocycles. The van der Waals surface area contributed by atoms with Crippen LogP contribution in [0.5, 0.6) is 0 Å². The molecule has 3 rings (SSSR count). The Bertz CT molecular complexity index is 573. The second-order valence-corrected chi connectivity index (χ2v) is 6.33. The third-order valence-electron chi connectivity index (χ3n) is 5.11. The summed E-state index contributed by atoms with van der Waals surface area (Å²) in [6.45, 7) is 3.53. The fourth-order valence-corrected chi connectivity index (χ4v) is 3.63. The van der Waals surface area contributed by atoms with Crippen LogP contribution in [0.1, 0.15) is 24.8 Å². The highest BCUT2D eigenvalue weighted by atomic mass is 16.5. The van der Waals surface area contributed by atoms with Crippen molar-refractivity contribution in [2.75, 3.05) is 26.3 Å². The van der Waals surface area contributed by atoms with E-state index < -0.39 is 11.4 Å². The van der Waals surface area contributed by atoms with Crippen LogP contribution in [0, 0.1) is 11.3 Å². The lowest BCUT2D eigenvalue weighted by Crippen LogP contribution is -2.45. The van der Waals surface area contributed by atoms with Gasteiger partial charge in [0.25, 0.3) is 0 Å². The molecule has 0 unspecified atom stereocenters. The smallest absolute Gasteiger partial charge is 0.311 e. The number of carbonyl (C=O) groups is 2. The van der Waals surface area contributed by atoms with Gasteiger partial charge in [-0.1, -0.05) is 30.3 Å². The van der Waals surface area contributed by atoms with E-state index in [1.54, 1.807) is 4.90 Å². The quantitative estimate of drug-likeness (QED) is 0.923. The molecule has 2 fully saturated rings. The van der Waals surface area contributed by atoms with E-state index in [9.17, 15) is 14.7 Å². The minimum Gasteiger partial charge on any atom is -0.481 e. The highest BCUT2D eigenvalue weighted by Gasteiger charge is 2.55. The Morgan fingerprint density at radius 2 is 2.09 bits per heavy atom. The fraction of sp³-hybridized carbons (Fsp3) is 0.529. The third kappa shape index (κ3) is 2.39. The standard InChI is InChI=1S/C17H21NO4/c1-12(13-5-3-2-4-6-13)15(19)18-9-14-10-22-8-7-17(14,11-18)16(20)21/h2-6,12,14H,7-11H2,1H3,(H,20,21)/t12-,14+,17-/m1/s1. The molecule has 0 radical (unpaired) electrons. The minimum atomic E-state index is -0.829. The number of carboxylic acids is 1. The summed E-state index contributed by atoms with van der Waals surface area (Å²) in [4.78, 5) is 26.2. The average molecular weight is 303 g/mol. The molecule has 0 bridgehead atoms. The van der Waals surface area contributed by atoms with Gasteiger partial charge >= 0.3 is 5.97 Å². The van der Waals surface area contributed by atoms with E-state index in [1.165, 1.54) is 0 Å². The molecule has 2 heterocycles. The van der Waals surface area contributed by atoms with Gasteiger partial charge < -0.3 is 14.7 Å². The van der Waals surface area contributed by atoms with Crippen LogP contribution in [0.4, 0.5) is 0 Å². The molecule has 2 aliphatic heterocycles. The molecule has 1 amide bonds. The molecule has 0 saturated carbocycles. The van der Waals surface area contributed by atoms with Gasteiger partial charge in [-0.3, -0.25) is 9.59 Å². The second kappa shape index (κ2) is 5.72. The Labute approximate surface area is 129 Å². The summed E-state index contributed by atoms with van der Waals surface area (Å²) < 4.78 is 5.43. The lowest BCUT2D eigenvalue weighted by Gasteiger charge is -2.33. The van der Waals surface area contributed by atoms with Crippen LogP contribution in [0.25, 0.3) is 0 Å². The van der Waals surface area contributed by atoms with Gasteiger partial charge in [-0.25, -0.2) is 0 Å². The van der Waals surface area contributed by atoms with E-state index in [0.717, 1.165) is 5.56 Å². The number of aliphatic carboxylic acids is 1. The van der Waals surface area contributed by atoms with Gasteiger partial charge in [0.15, 0.2) is 0 Å². The average Bonchev–Trinajstić information content (AvgIpc) is 2.95. The van der Waals surface area contributed by atoms with Crippen LogP contribution < -0.4 is 0 Å². The first-order valence-corrected chi connectivity index (χ1v) is 7.69. The van der Waals surface area contributed by atoms with Crippen molar-refractivity contribution in [2.24, 2.45) is 11.3 Å². The largest absolute Gasteiger partial charge is 0.481 e. The Morgan fingerprint density at radius 3 is 2.73 bits per heavy atom. The first-order chi connectivity index (χ1) is 10.5. The Morgan fingerprint density at radius 1 is 1.36 bits per heavy atom. The molecule has 2 saturated heterocycles. The summed E-state index contributed by atoms with van der Waals surface area (Å²) in [7, 11) is 0. The predicted molar refractivity (Wildman–Crippen MR) is 80.4 cm³/mol. The van der Waals surface area contributed by atoms with Crippen molar-refractivity contribution in [1.29, 1.82) is 0 Å². The molecule has 0 aromatic heterocycles. The lowest BCUT2D eigenvalue weighted by molar-refractivity contribution is -0.157. The maximum absolute atomic E-state index is 12.7. The number of carboxylic acid groups (broad SMARTS) is 1. The van der Waals surface area contributed by atoms with Crippen molar-refractivity contribution in [3.05, 3.63) is 35.9 Å². The van der Waals surface area contributed by atoms with Crippen LogP contribution >= 0.6 is 0 Å². The number of rotatable bonds is 3. The SMILES string of the molecule is C[C@@H](C(=O)N1C[C@H]2COCC[C@@]2(C(=O)O)C1)c1ccccc1. The van der Waals surface area contributed by atoms with Gasteiger partial charge in [0, 0.05) is 25.6 Å². The zero-order chi connectivity index (χ0) is 15.7. The molecule has 5 heteroatoms. The van der Waals surface area contributed by atoms with E-state index >= 15 is 0 Å². The first-order valence-electron chi connectivity index (χ1n) is 7.69.